The van der Waals surface area contributed by atoms with Crippen molar-refractivity contribution >= 4 is 15.9 Å². The highest BCUT2D eigenvalue weighted by atomic mass is 79.9. The molecule has 1 aromatic rings. The van der Waals surface area contributed by atoms with Gasteiger partial charge in [0.05, 0.1) is 17.3 Å². The molecule has 0 radical (unpaired) electrons. The largest absolute Gasteiger partial charge is 0.395 e. The Balaban J connectivity index is 1.74. The van der Waals surface area contributed by atoms with Gasteiger partial charge in [0.2, 0.25) is 0 Å². The van der Waals surface area contributed by atoms with Crippen LogP contribution in [0.2, 0.25) is 0 Å². The molecule has 0 aromatic carbocycles. The van der Waals surface area contributed by atoms with Gasteiger partial charge in [-0.05, 0) is 35.2 Å². The number of nitrogens with zero attached hydrogens (tertiary/aromatic N) is 2. The van der Waals surface area contributed by atoms with Crippen LogP contribution >= 0.6 is 15.9 Å². The molecule has 2 N–H and O–H groups in total. The lowest BCUT2D eigenvalue weighted by Crippen LogP contribution is -2.35. The Kier molecular flexibility index (Phi) is 3.77. The molecule has 1 saturated carbocycles. The van der Waals surface area contributed by atoms with Crippen molar-refractivity contribution < 1.29 is 5.11 Å². The molecule has 0 amide bonds. The van der Waals surface area contributed by atoms with Gasteiger partial charge >= 0.3 is 0 Å². The third-order valence-electron chi connectivity index (χ3n) is 2.58. The van der Waals surface area contributed by atoms with Crippen LogP contribution < -0.4 is 5.32 Å². The Morgan fingerprint density at radius 1 is 1.67 bits per heavy atom. The standard InChI is InChI=1S/C10H16BrN3O/c11-8-5-12-14(6-8)4-3-10(7-15)13-9-1-2-9/h5-6,9-10,13,15H,1-4,7H2. The van der Waals surface area contributed by atoms with Crippen molar-refractivity contribution in [2.75, 3.05) is 6.61 Å². The first-order chi connectivity index (χ1) is 7.28. The third-order valence-corrected chi connectivity index (χ3v) is 2.99. The number of hydrogen-bond donors (Lipinski definition) is 2. The maximum Gasteiger partial charge on any atom is 0.0632 e. The Bertz CT molecular complexity index is 311. The van der Waals surface area contributed by atoms with Crippen LogP contribution in [0.3, 0.4) is 0 Å². The second-order valence-electron chi connectivity index (χ2n) is 4.03. The maximum absolute atomic E-state index is 9.18. The number of hydrogen-bond acceptors (Lipinski definition) is 3. The average Bonchev–Trinajstić information content (AvgIpc) is 2.95. The number of aromatic nitrogens is 2. The topological polar surface area (TPSA) is 50.1 Å². The normalized spacial score (nSPS) is 18.0. The Morgan fingerprint density at radius 2 is 2.47 bits per heavy atom. The molecule has 0 bridgehead atoms. The predicted molar refractivity (Wildman–Crippen MR) is 61.6 cm³/mol. The second kappa shape index (κ2) is 5.09. The summed E-state index contributed by atoms with van der Waals surface area (Å²) in [6.45, 7) is 1.05. The summed E-state index contributed by atoms with van der Waals surface area (Å²) in [7, 11) is 0. The van der Waals surface area contributed by atoms with Crippen LogP contribution in [0.4, 0.5) is 0 Å². The van der Waals surface area contributed by atoms with E-state index in [1.165, 1.54) is 12.8 Å². The smallest absolute Gasteiger partial charge is 0.0632 e. The van der Waals surface area contributed by atoms with Crippen LogP contribution in [0.1, 0.15) is 19.3 Å². The SMILES string of the molecule is OCC(CCn1cc(Br)cn1)NC1CC1. The molecule has 1 aliphatic carbocycles. The van der Waals surface area contributed by atoms with Gasteiger partial charge in [0.25, 0.3) is 0 Å². The number of aryl methyl sites for hydroxylation is 1. The van der Waals surface area contributed by atoms with E-state index in [-0.39, 0.29) is 12.6 Å². The molecule has 5 heteroatoms. The summed E-state index contributed by atoms with van der Waals surface area (Å²) in [4.78, 5) is 0. The summed E-state index contributed by atoms with van der Waals surface area (Å²) >= 11 is 3.36. The van der Waals surface area contributed by atoms with Crippen molar-refractivity contribution in [1.29, 1.82) is 0 Å². The quantitative estimate of drug-likeness (QED) is 0.818. The van der Waals surface area contributed by atoms with Gasteiger partial charge in [0.15, 0.2) is 0 Å². The van der Waals surface area contributed by atoms with E-state index < -0.39 is 0 Å². The van der Waals surface area contributed by atoms with Crippen molar-refractivity contribution in [2.45, 2.75) is 37.9 Å². The van der Waals surface area contributed by atoms with Crippen molar-refractivity contribution in [1.82, 2.24) is 15.1 Å². The highest BCUT2D eigenvalue weighted by Gasteiger charge is 2.23. The van der Waals surface area contributed by atoms with Gasteiger partial charge in [0, 0.05) is 24.8 Å². The zero-order valence-corrected chi connectivity index (χ0v) is 10.2. The van der Waals surface area contributed by atoms with Crippen molar-refractivity contribution in [3.05, 3.63) is 16.9 Å². The number of aliphatic hydroxyl groups excluding tert-OH is 1. The van der Waals surface area contributed by atoms with Crippen LogP contribution in [0.5, 0.6) is 0 Å². The van der Waals surface area contributed by atoms with Crippen molar-refractivity contribution in [3.8, 4) is 0 Å². The molecule has 1 heterocycles. The zero-order valence-electron chi connectivity index (χ0n) is 8.56. The van der Waals surface area contributed by atoms with Gasteiger partial charge in [-0.1, -0.05) is 0 Å². The minimum atomic E-state index is 0.207. The molecule has 0 saturated heterocycles. The Hall–Kier alpha value is -0.390. The monoisotopic (exact) mass is 273 g/mol. The first kappa shape index (κ1) is 11.1. The van der Waals surface area contributed by atoms with Crippen LogP contribution in [-0.4, -0.2) is 33.6 Å². The van der Waals surface area contributed by atoms with Gasteiger partial charge in [-0.15, -0.1) is 0 Å². The van der Waals surface area contributed by atoms with Crippen LogP contribution in [0.15, 0.2) is 16.9 Å². The number of aliphatic hydroxyl groups is 1. The van der Waals surface area contributed by atoms with E-state index in [1.807, 2.05) is 10.9 Å². The molecule has 4 nitrogen and oxygen atoms in total. The summed E-state index contributed by atoms with van der Waals surface area (Å²) in [5.74, 6) is 0. The van der Waals surface area contributed by atoms with E-state index in [4.69, 9.17) is 0 Å². The first-order valence-corrected chi connectivity index (χ1v) is 6.12. The van der Waals surface area contributed by atoms with Gasteiger partial charge in [-0.2, -0.15) is 5.10 Å². The van der Waals surface area contributed by atoms with E-state index in [2.05, 4.69) is 26.3 Å². The minimum absolute atomic E-state index is 0.207. The molecule has 1 fully saturated rings. The maximum atomic E-state index is 9.18. The average molecular weight is 274 g/mol. The van der Waals surface area contributed by atoms with Crippen LogP contribution in [-0.2, 0) is 6.54 Å². The number of halogens is 1. The van der Waals surface area contributed by atoms with E-state index in [1.54, 1.807) is 6.20 Å². The molecular weight excluding hydrogens is 258 g/mol. The fourth-order valence-corrected chi connectivity index (χ4v) is 1.89. The van der Waals surface area contributed by atoms with Gasteiger partial charge < -0.3 is 10.4 Å². The molecule has 2 rings (SSSR count). The van der Waals surface area contributed by atoms with E-state index >= 15 is 0 Å². The molecule has 0 aliphatic heterocycles. The molecule has 1 aliphatic rings. The molecule has 1 aromatic heterocycles. The lowest BCUT2D eigenvalue weighted by molar-refractivity contribution is 0.229. The molecule has 84 valence electrons. The van der Waals surface area contributed by atoms with E-state index in [9.17, 15) is 5.11 Å². The molecular formula is C10H16BrN3O. The number of rotatable bonds is 6. The minimum Gasteiger partial charge on any atom is -0.395 e. The van der Waals surface area contributed by atoms with Crippen molar-refractivity contribution in [2.24, 2.45) is 0 Å². The summed E-state index contributed by atoms with van der Waals surface area (Å²) in [5, 5.41) is 16.8. The van der Waals surface area contributed by atoms with Crippen molar-refractivity contribution in [3.63, 3.8) is 0 Å². The molecule has 0 spiro atoms. The summed E-state index contributed by atoms with van der Waals surface area (Å²) in [5.41, 5.74) is 0. The van der Waals surface area contributed by atoms with Gasteiger partial charge in [-0.25, -0.2) is 0 Å². The first-order valence-electron chi connectivity index (χ1n) is 5.33. The Labute approximate surface area is 97.8 Å². The summed E-state index contributed by atoms with van der Waals surface area (Å²) < 4.78 is 2.89. The van der Waals surface area contributed by atoms with Gasteiger partial charge in [0.1, 0.15) is 0 Å². The summed E-state index contributed by atoms with van der Waals surface area (Å²) in [6.07, 6.45) is 7.16. The second-order valence-corrected chi connectivity index (χ2v) is 4.95. The predicted octanol–water partition coefficient (Wildman–Crippen LogP) is 1.15. The fourth-order valence-electron chi connectivity index (χ4n) is 1.56. The molecule has 15 heavy (non-hydrogen) atoms. The third kappa shape index (κ3) is 3.59. The number of nitrogens with one attached hydrogen (secondary N) is 1. The van der Waals surface area contributed by atoms with E-state index in [0.29, 0.717) is 6.04 Å². The summed E-state index contributed by atoms with van der Waals surface area (Å²) in [6, 6.07) is 0.854. The lowest BCUT2D eigenvalue weighted by atomic mass is 10.2. The van der Waals surface area contributed by atoms with E-state index in [0.717, 1.165) is 17.4 Å². The highest BCUT2D eigenvalue weighted by Crippen LogP contribution is 2.20. The Morgan fingerprint density at radius 3 is 3.00 bits per heavy atom. The van der Waals surface area contributed by atoms with Crippen LogP contribution in [0, 0.1) is 0 Å². The molecule has 1 atom stereocenters. The lowest BCUT2D eigenvalue weighted by Gasteiger charge is -2.15. The fraction of sp³-hybridized carbons (Fsp3) is 0.700. The molecule has 1 unspecified atom stereocenters. The van der Waals surface area contributed by atoms with Crippen LogP contribution in [0.25, 0.3) is 0 Å². The zero-order chi connectivity index (χ0) is 10.7. The highest BCUT2D eigenvalue weighted by molar-refractivity contribution is 9.10. The van der Waals surface area contributed by atoms with Gasteiger partial charge in [-0.3, -0.25) is 4.68 Å².